The van der Waals surface area contributed by atoms with E-state index in [1.54, 1.807) is 0 Å². The third-order valence-electron chi connectivity index (χ3n) is 5.16. The van der Waals surface area contributed by atoms with Crippen molar-refractivity contribution in [1.29, 1.82) is 0 Å². The van der Waals surface area contributed by atoms with Crippen LogP contribution < -0.4 is 10.6 Å². The van der Waals surface area contributed by atoms with E-state index in [4.69, 9.17) is 5.73 Å². The normalized spacial score (nSPS) is 14.9. The molecule has 0 atom stereocenters. The van der Waals surface area contributed by atoms with E-state index in [9.17, 15) is 4.39 Å². The van der Waals surface area contributed by atoms with Gasteiger partial charge in [-0.2, -0.15) is 0 Å². The van der Waals surface area contributed by atoms with E-state index in [0.29, 0.717) is 12.5 Å². The molecule has 2 N–H and O–H groups in total. The minimum atomic E-state index is -0.209. The first kappa shape index (κ1) is 21.4. The average Bonchev–Trinajstić information content (AvgIpc) is 3.13. The third-order valence-corrected chi connectivity index (χ3v) is 5.16. The predicted molar refractivity (Wildman–Crippen MR) is 126 cm³/mol. The number of piperazine rings is 1. The van der Waals surface area contributed by atoms with Gasteiger partial charge in [-0.1, -0.05) is 6.07 Å². The molecule has 0 spiro atoms. The second kappa shape index (κ2) is 9.43. The number of imidazole rings is 1. The lowest BCUT2D eigenvalue weighted by atomic mass is 10.2. The Bertz CT molecular complexity index is 977. The second-order valence-electron chi connectivity index (χ2n) is 7.09. The molecular weight excluding hydrogens is 482 g/mol. The average molecular weight is 508 g/mol. The Hall–Kier alpha value is -2.36. The first-order chi connectivity index (χ1) is 13.6. The maximum Gasteiger partial charge on any atom is 0.191 e. The molecule has 154 valence electrons. The number of rotatable bonds is 4. The predicted octanol–water partition coefficient (Wildman–Crippen LogP) is 3.08. The smallest absolute Gasteiger partial charge is 0.191 e. The summed E-state index contributed by atoms with van der Waals surface area (Å²) < 4.78 is 15.1. The zero-order valence-electron chi connectivity index (χ0n) is 16.5. The lowest BCUT2D eigenvalue weighted by Crippen LogP contribution is -2.51. The molecule has 8 heteroatoms. The van der Waals surface area contributed by atoms with E-state index in [1.165, 1.54) is 12.1 Å². The van der Waals surface area contributed by atoms with Crippen molar-refractivity contribution in [3.63, 3.8) is 0 Å². The Labute approximate surface area is 187 Å². The van der Waals surface area contributed by atoms with Crippen LogP contribution in [0.3, 0.4) is 0 Å². The quantitative estimate of drug-likeness (QED) is 0.335. The highest BCUT2D eigenvalue weighted by molar-refractivity contribution is 14.0. The highest BCUT2D eigenvalue weighted by atomic mass is 127. The Morgan fingerprint density at radius 1 is 1.14 bits per heavy atom. The summed E-state index contributed by atoms with van der Waals surface area (Å²) in [6.07, 6.45) is 4.82. The molecule has 1 aromatic carbocycles. The molecule has 1 aliphatic heterocycles. The summed E-state index contributed by atoms with van der Waals surface area (Å²) in [5, 5.41) is 0. The SMILES string of the molecule is Cc1cccn2cc(CCN=C(N)N3CCN(c4ccc(F)cc4)CC3)nc12.I. The van der Waals surface area contributed by atoms with E-state index in [0.717, 1.165) is 55.2 Å². The number of benzene rings is 1. The van der Waals surface area contributed by atoms with Crippen molar-refractivity contribution < 1.29 is 4.39 Å². The molecule has 2 aromatic heterocycles. The first-order valence-electron chi connectivity index (χ1n) is 9.59. The van der Waals surface area contributed by atoms with E-state index < -0.39 is 0 Å². The van der Waals surface area contributed by atoms with E-state index in [-0.39, 0.29) is 29.8 Å². The maximum absolute atomic E-state index is 13.1. The highest BCUT2D eigenvalue weighted by Gasteiger charge is 2.18. The molecule has 4 rings (SSSR count). The Morgan fingerprint density at radius 3 is 2.55 bits per heavy atom. The number of pyridine rings is 1. The Balaban J connectivity index is 0.00000240. The molecule has 29 heavy (non-hydrogen) atoms. The van der Waals surface area contributed by atoms with Crippen LogP contribution in [0.2, 0.25) is 0 Å². The summed E-state index contributed by atoms with van der Waals surface area (Å²) in [5.41, 5.74) is 10.4. The van der Waals surface area contributed by atoms with Gasteiger partial charge in [0.2, 0.25) is 0 Å². The van der Waals surface area contributed by atoms with Crippen molar-refractivity contribution in [3.05, 3.63) is 65.9 Å². The lowest BCUT2D eigenvalue weighted by Gasteiger charge is -2.36. The van der Waals surface area contributed by atoms with Crippen LogP contribution in [0, 0.1) is 12.7 Å². The number of hydrogen-bond donors (Lipinski definition) is 1. The molecule has 3 heterocycles. The van der Waals surface area contributed by atoms with Crippen LogP contribution in [0.25, 0.3) is 5.65 Å². The van der Waals surface area contributed by atoms with Crippen LogP contribution in [-0.4, -0.2) is 53.0 Å². The summed E-state index contributed by atoms with van der Waals surface area (Å²) in [7, 11) is 0. The van der Waals surface area contributed by atoms with Crippen LogP contribution in [0.5, 0.6) is 0 Å². The van der Waals surface area contributed by atoms with Crippen molar-refractivity contribution in [3.8, 4) is 0 Å². The van der Waals surface area contributed by atoms with Crippen molar-refractivity contribution in [2.75, 3.05) is 37.6 Å². The molecule has 0 unspecified atom stereocenters. The zero-order chi connectivity index (χ0) is 19.5. The molecule has 1 saturated heterocycles. The standard InChI is InChI=1S/C21H25FN6.HI/c1-16-3-2-10-28-15-18(25-20(16)28)8-9-24-21(23)27-13-11-26(12-14-27)19-6-4-17(22)5-7-19;/h2-7,10,15H,8-9,11-14H2,1H3,(H2,23,24);1H. The minimum absolute atomic E-state index is 0. The van der Waals surface area contributed by atoms with Gasteiger partial charge in [-0.05, 0) is 42.8 Å². The monoisotopic (exact) mass is 508 g/mol. The molecule has 6 nitrogen and oxygen atoms in total. The van der Waals surface area contributed by atoms with Crippen molar-refractivity contribution in [1.82, 2.24) is 14.3 Å². The number of hydrogen-bond acceptors (Lipinski definition) is 3. The Morgan fingerprint density at radius 2 is 1.86 bits per heavy atom. The van der Waals surface area contributed by atoms with Crippen molar-refractivity contribution >= 4 is 41.3 Å². The number of nitrogens with zero attached hydrogens (tertiary/aromatic N) is 5. The van der Waals surface area contributed by atoms with Crippen LogP contribution in [-0.2, 0) is 6.42 Å². The van der Waals surface area contributed by atoms with E-state index in [1.807, 2.05) is 28.8 Å². The fourth-order valence-electron chi connectivity index (χ4n) is 3.56. The summed E-state index contributed by atoms with van der Waals surface area (Å²) in [6, 6.07) is 10.7. The number of anilines is 1. The van der Waals surface area contributed by atoms with Gasteiger partial charge in [-0.15, -0.1) is 24.0 Å². The van der Waals surface area contributed by atoms with Crippen LogP contribution >= 0.6 is 24.0 Å². The van der Waals surface area contributed by atoms with Gasteiger partial charge in [0, 0.05) is 57.2 Å². The molecule has 1 aliphatic rings. The molecule has 3 aromatic rings. The van der Waals surface area contributed by atoms with Crippen LogP contribution in [0.1, 0.15) is 11.3 Å². The van der Waals surface area contributed by atoms with Crippen molar-refractivity contribution in [2.45, 2.75) is 13.3 Å². The molecule has 0 saturated carbocycles. The zero-order valence-corrected chi connectivity index (χ0v) is 18.8. The molecule has 0 amide bonds. The fourth-order valence-corrected chi connectivity index (χ4v) is 3.56. The minimum Gasteiger partial charge on any atom is -0.370 e. The molecule has 0 radical (unpaired) electrons. The molecule has 0 aliphatic carbocycles. The van der Waals surface area contributed by atoms with Gasteiger partial charge in [0.25, 0.3) is 0 Å². The number of nitrogens with two attached hydrogens (primary N) is 1. The van der Waals surface area contributed by atoms with Gasteiger partial charge in [0.15, 0.2) is 5.96 Å². The van der Waals surface area contributed by atoms with Gasteiger partial charge >= 0.3 is 0 Å². The summed E-state index contributed by atoms with van der Waals surface area (Å²) >= 11 is 0. The maximum atomic E-state index is 13.1. The molecule has 1 fully saturated rings. The summed E-state index contributed by atoms with van der Waals surface area (Å²) in [5.74, 6) is 0.373. The van der Waals surface area contributed by atoms with Crippen LogP contribution in [0.15, 0.2) is 53.8 Å². The fraction of sp³-hybridized carbons (Fsp3) is 0.333. The number of fused-ring (bicyclic) bond motifs is 1. The topological polar surface area (TPSA) is 62.2 Å². The van der Waals surface area contributed by atoms with Gasteiger partial charge < -0.3 is 19.9 Å². The first-order valence-corrected chi connectivity index (χ1v) is 9.59. The van der Waals surface area contributed by atoms with Gasteiger partial charge in [0.1, 0.15) is 11.5 Å². The third kappa shape index (κ3) is 4.98. The number of aryl methyl sites for hydroxylation is 1. The number of aliphatic imine (C=N–C) groups is 1. The largest absolute Gasteiger partial charge is 0.370 e. The molecule has 0 bridgehead atoms. The number of aromatic nitrogens is 2. The Kier molecular flexibility index (Phi) is 6.94. The van der Waals surface area contributed by atoms with E-state index >= 15 is 0 Å². The van der Waals surface area contributed by atoms with E-state index in [2.05, 4.69) is 39.0 Å². The lowest BCUT2D eigenvalue weighted by molar-refractivity contribution is 0.381. The van der Waals surface area contributed by atoms with Gasteiger partial charge in [-0.3, -0.25) is 4.99 Å². The number of guanidine groups is 1. The summed E-state index contributed by atoms with van der Waals surface area (Å²) in [4.78, 5) is 13.6. The van der Waals surface area contributed by atoms with Crippen molar-refractivity contribution in [2.24, 2.45) is 10.7 Å². The second-order valence-corrected chi connectivity index (χ2v) is 7.09. The van der Waals surface area contributed by atoms with Gasteiger partial charge in [-0.25, -0.2) is 9.37 Å². The van der Waals surface area contributed by atoms with Crippen LogP contribution in [0.4, 0.5) is 10.1 Å². The number of halogens is 2. The van der Waals surface area contributed by atoms with Gasteiger partial charge in [0.05, 0.1) is 5.69 Å². The highest BCUT2D eigenvalue weighted by Crippen LogP contribution is 2.17. The molecular formula is C21H26FIN6. The summed E-state index contributed by atoms with van der Waals surface area (Å²) in [6.45, 7) is 5.97.